The van der Waals surface area contributed by atoms with Gasteiger partial charge in [-0.2, -0.15) is 0 Å². The van der Waals surface area contributed by atoms with Crippen molar-refractivity contribution in [2.45, 2.75) is 32.8 Å². The molecule has 0 aliphatic rings. The summed E-state index contributed by atoms with van der Waals surface area (Å²) in [5, 5.41) is 7.36. The van der Waals surface area contributed by atoms with Crippen LogP contribution >= 0.6 is 22.7 Å². The van der Waals surface area contributed by atoms with Gasteiger partial charge in [0.1, 0.15) is 11.6 Å². The van der Waals surface area contributed by atoms with E-state index in [0.29, 0.717) is 23.5 Å². The predicted molar refractivity (Wildman–Crippen MR) is 108 cm³/mol. The summed E-state index contributed by atoms with van der Waals surface area (Å²) in [7, 11) is 0. The molecule has 7 heteroatoms. The number of thiophene rings is 1. The van der Waals surface area contributed by atoms with Gasteiger partial charge in [-0.05, 0) is 36.9 Å². The maximum absolute atomic E-state index is 12.1. The number of aromatic nitrogens is 1. The van der Waals surface area contributed by atoms with Gasteiger partial charge in [-0.25, -0.2) is 4.98 Å². The third-order valence-electron chi connectivity index (χ3n) is 3.78. The lowest BCUT2D eigenvalue weighted by atomic mass is 10.2. The molecule has 5 nitrogen and oxygen atoms in total. The number of carbonyl (C=O) groups excluding carboxylic acids is 2. The minimum Gasteiger partial charge on any atom is -0.459 e. The zero-order chi connectivity index (χ0) is 19.1. The van der Waals surface area contributed by atoms with Crippen LogP contribution in [0.4, 0.5) is 5.69 Å². The normalized spacial score (nSPS) is 10.6. The van der Waals surface area contributed by atoms with Crippen LogP contribution in [0, 0.1) is 6.92 Å². The standard InChI is InChI=1S/C20H20N2O3S2/c1-14-4-6-15(7-5-14)21-18(23)11-19-22-16(13-27-19)12-25-20(24)9-8-17-3-2-10-26-17/h2-7,10,13H,8-9,11-12H2,1H3,(H,21,23). The van der Waals surface area contributed by atoms with E-state index in [2.05, 4.69) is 10.3 Å². The molecule has 0 aliphatic heterocycles. The van der Waals surface area contributed by atoms with Crippen LogP contribution in [-0.2, 0) is 33.8 Å². The minimum absolute atomic E-state index is 0.118. The number of benzene rings is 1. The largest absolute Gasteiger partial charge is 0.459 e. The second kappa shape index (κ2) is 9.43. The van der Waals surface area contributed by atoms with Crippen LogP contribution in [0.25, 0.3) is 0 Å². The summed E-state index contributed by atoms with van der Waals surface area (Å²) < 4.78 is 5.26. The number of hydrogen-bond donors (Lipinski definition) is 1. The fraction of sp³-hybridized carbons (Fsp3) is 0.250. The molecule has 2 aromatic heterocycles. The Hall–Kier alpha value is -2.51. The van der Waals surface area contributed by atoms with Gasteiger partial charge in [-0.15, -0.1) is 22.7 Å². The lowest BCUT2D eigenvalue weighted by molar-refractivity contribution is -0.145. The van der Waals surface area contributed by atoms with Crippen molar-refractivity contribution in [3.63, 3.8) is 0 Å². The number of carbonyl (C=O) groups is 2. The molecule has 140 valence electrons. The average molecular weight is 401 g/mol. The molecule has 3 aromatic rings. The van der Waals surface area contributed by atoms with E-state index in [1.807, 2.05) is 54.1 Å². The Balaban J connectivity index is 1.41. The molecule has 1 aromatic carbocycles. The zero-order valence-corrected chi connectivity index (χ0v) is 16.6. The third kappa shape index (κ3) is 6.30. The maximum atomic E-state index is 12.1. The average Bonchev–Trinajstić information content (AvgIpc) is 3.32. The van der Waals surface area contributed by atoms with Gasteiger partial charge in [0, 0.05) is 15.9 Å². The summed E-state index contributed by atoms with van der Waals surface area (Å²) in [6.45, 7) is 2.14. The summed E-state index contributed by atoms with van der Waals surface area (Å²) in [5.41, 5.74) is 2.58. The first-order chi connectivity index (χ1) is 13.1. The number of esters is 1. The first-order valence-corrected chi connectivity index (χ1v) is 10.3. The van der Waals surface area contributed by atoms with Gasteiger partial charge in [0.05, 0.1) is 18.5 Å². The van der Waals surface area contributed by atoms with Crippen LogP contribution in [0.2, 0.25) is 0 Å². The smallest absolute Gasteiger partial charge is 0.306 e. The Kier molecular flexibility index (Phi) is 6.73. The zero-order valence-electron chi connectivity index (χ0n) is 14.9. The topological polar surface area (TPSA) is 68.3 Å². The number of aryl methyl sites for hydroxylation is 2. The van der Waals surface area contributed by atoms with Crippen molar-refractivity contribution in [1.82, 2.24) is 4.98 Å². The highest BCUT2D eigenvalue weighted by Gasteiger charge is 2.10. The van der Waals surface area contributed by atoms with Gasteiger partial charge in [0.2, 0.25) is 5.91 Å². The van der Waals surface area contributed by atoms with Gasteiger partial charge in [0.25, 0.3) is 0 Å². The van der Waals surface area contributed by atoms with Crippen molar-refractivity contribution in [3.8, 4) is 0 Å². The van der Waals surface area contributed by atoms with Crippen LogP contribution in [0.15, 0.2) is 47.2 Å². The highest BCUT2D eigenvalue weighted by Crippen LogP contribution is 2.15. The first kappa shape index (κ1) is 19.3. The minimum atomic E-state index is -0.241. The van der Waals surface area contributed by atoms with Crippen molar-refractivity contribution in [2.24, 2.45) is 0 Å². The second-order valence-electron chi connectivity index (χ2n) is 6.06. The molecule has 0 unspecified atom stereocenters. The van der Waals surface area contributed by atoms with E-state index in [1.54, 1.807) is 11.3 Å². The van der Waals surface area contributed by atoms with E-state index in [0.717, 1.165) is 11.3 Å². The lowest BCUT2D eigenvalue weighted by Crippen LogP contribution is -2.14. The van der Waals surface area contributed by atoms with Gasteiger partial charge in [0.15, 0.2) is 0 Å². The predicted octanol–water partition coefficient (Wildman–Crippen LogP) is 4.37. The molecule has 27 heavy (non-hydrogen) atoms. The van der Waals surface area contributed by atoms with Crippen molar-refractivity contribution in [2.75, 3.05) is 5.32 Å². The van der Waals surface area contributed by atoms with Crippen molar-refractivity contribution >= 4 is 40.2 Å². The van der Waals surface area contributed by atoms with E-state index >= 15 is 0 Å². The molecule has 0 aliphatic carbocycles. The van der Waals surface area contributed by atoms with Crippen LogP contribution in [0.5, 0.6) is 0 Å². The molecule has 1 amide bonds. The number of ether oxygens (including phenoxy) is 1. The quantitative estimate of drug-likeness (QED) is 0.570. The van der Waals surface area contributed by atoms with E-state index in [9.17, 15) is 9.59 Å². The summed E-state index contributed by atoms with van der Waals surface area (Å²) in [6, 6.07) is 11.6. The maximum Gasteiger partial charge on any atom is 0.306 e. The molecular weight excluding hydrogens is 380 g/mol. The number of hydrogen-bond acceptors (Lipinski definition) is 6. The molecule has 0 spiro atoms. The third-order valence-corrected chi connectivity index (χ3v) is 5.62. The van der Waals surface area contributed by atoms with Crippen molar-refractivity contribution in [3.05, 3.63) is 68.3 Å². The lowest BCUT2D eigenvalue weighted by Gasteiger charge is -2.04. The summed E-state index contributed by atoms with van der Waals surface area (Å²) >= 11 is 3.03. The van der Waals surface area contributed by atoms with Gasteiger partial charge in [-0.3, -0.25) is 9.59 Å². The molecule has 3 rings (SSSR count). The Morgan fingerprint density at radius 3 is 2.70 bits per heavy atom. The number of thiazole rings is 1. The Bertz CT molecular complexity index is 886. The van der Waals surface area contributed by atoms with Gasteiger partial charge < -0.3 is 10.1 Å². The van der Waals surface area contributed by atoms with Crippen molar-refractivity contribution < 1.29 is 14.3 Å². The van der Waals surface area contributed by atoms with Gasteiger partial charge >= 0.3 is 5.97 Å². The monoisotopic (exact) mass is 400 g/mol. The number of nitrogens with zero attached hydrogens (tertiary/aromatic N) is 1. The summed E-state index contributed by atoms with van der Waals surface area (Å²) in [5.74, 6) is -0.359. The highest BCUT2D eigenvalue weighted by molar-refractivity contribution is 7.10. The molecule has 1 N–H and O–H groups in total. The second-order valence-corrected chi connectivity index (χ2v) is 8.04. The summed E-state index contributed by atoms with van der Waals surface area (Å²) in [4.78, 5) is 29.5. The fourth-order valence-electron chi connectivity index (χ4n) is 2.38. The fourth-order valence-corrected chi connectivity index (χ4v) is 3.87. The molecular formula is C20H20N2O3S2. The number of rotatable bonds is 8. The number of nitrogens with one attached hydrogen (secondary N) is 1. The Morgan fingerprint density at radius 1 is 1.15 bits per heavy atom. The van der Waals surface area contributed by atoms with Crippen LogP contribution in [0.3, 0.4) is 0 Å². The molecule has 0 radical (unpaired) electrons. The molecule has 0 saturated carbocycles. The number of amides is 1. The Morgan fingerprint density at radius 2 is 1.96 bits per heavy atom. The van der Waals surface area contributed by atoms with Crippen molar-refractivity contribution in [1.29, 1.82) is 0 Å². The Labute approximate surface area is 166 Å². The van der Waals surface area contributed by atoms with E-state index in [4.69, 9.17) is 4.74 Å². The highest BCUT2D eigenvalue weighted by atomic mass is 32.1. The first-order valence-electron chi connectivity index (χ1n) is 8.56. The summed E-state index contributed by atoms with van der Waals surface area (Å²) in [6.07, 6.45) is 1.25. The molecule has 0 atom stereocenters. The van der Waals surface area contributed by atoms with Crippen LogP contribution in [0.1, 0.15) is 27.6 Å². The van der Waals surface area contributed by atoms with E-state index in [-0.39, 0.29) is 24.9 Å². The van der Waals surface area contributed by atoms with E-state index in [1.165, 1.54) is 16.2 Å². The van der Waals surface area contributed by atoms with Crippen LogP contribution < -0.4 is 5.32 Å². The van der Waals surface area contributed by atoms with E-state index < -0.39 is 0 Å². The van der Waals surface area contributed by atoms with Gasteiger partial charge in [-0.1, -0.05) is 23.8 Å². The molecule has 2 heterocycles. The van der Waals surface area contributed by atoms with Crippen LogP contribution in [-0.4, -0.2) is 16.9 Å². The SMILES string of the molecule is Cc1ccc(NC(=O)Cc2nc(COC(=O)CCc3cccs3)cs2)cc1. The molecule has 0 bridgehead atoms. The number of anilines is 1. The molecule has 0 saturated heterocycles. The molecule has 0 fully saturated rings.